The predicted octanol–water partition coefficient (Wildman–Crippen LogP) is -0.431. The summed E-state index contributed by atoms with van der Waals surface area (Å²) in [5.41, 5.74) is 0. The molecule has 0 aromatic carbocycles. The number of hydrogen-bond acceptors (Lipinski definition) is 4. The minimum atomic E-state index is -3.38. The van der Waals surface area contributed by atoms with Gasteiger partial charge in [0.25, 0.3) is 0 Å². The monoisotopic (exact) mass is 225 g/mol. The van der Waals surface area contributed by atoms with Crippen molar-refractivity contribution in [1.82, 2.24) is 4.72 Å². The Kier molecular flexibility index (Phi) is 6.26. The number of hydrogen-bond donors (Lipinski definition) is 2. The summed E-state index contributed by atoms with van der Waals surface area (Å²) in [6.45, 7) is 3.78. The van der Waals surface area contributed by atoms with E-state index in [1.165, 1.54) is 7.11 Å². The van der Waals surface area contributed by atoms with Crippen LogP contribution < -0.4 is 4.72 Å². The van der Waals surface area contributed by atoms with Crippen molar-refractivity contribution in [1.29, 1.82) is 0 Å². The van der Waals surface area contributed by atoms with Crippen LogP contribution in [-0.2, 0) is 14.8 Å². The van der Waals surface area contributed by atoms with Crippen molar-refractivity contribution in [2.75, 3.05) is 26.1 Å². The number of aliphatic hydroxyl groups excluding tert-OH is 1. The quantitative estimate of drug-likeness (QED) is 0.616. The zero-order valence-corrected chi connectivity index (χ0v) is 9.67. The molecule has 14 heavy (non-hydrogen) atoms. The van der Waals surface area contributed by atoms with E-state index in [0.29, 0.717) is 6.61 Å². The van der Waals surface area contributed by atoms with Gasteiger partial charge in [0.05, 0.1) is 19.0 Å². The first-order chi connectivity index (χ1) is 6.43. The second-order valence-electron chi connectivity index (χ2n) is 3.47. The highest BCUT2D eigenvalue weighted by Crippen LogP contribution is 2.03. The molecule has 0 aliphatic carbocycles. The lowest BCUT2D eigenvalue weighted by Gasteiger charge is -2.20. The second kappa shape index (κ2) is 6.34. The summed E-state index contributed by atoms with van der Waals surface area (Å²) in [6, 6.07) is -0.239. The third-order valence-electron chi connectivity index (χ3n) is 1.84. The maximum absolute atomic E-state index is 11.3. The molecule has 86 valence electrons. The Morgan fingerprint density at radius 1 is 1.43 bits per heavy atom. The summed E-state index contributed by atoms with van der Waals surface area (Å²) in [5, 5.41) is 8.53. The van der Waals surface area contributed by atoms with Gasteiger partial charge in [0, 0.05) is 13.2 Å². The smallest absolute Gasteiger partial charge is 0.214 e. The van der Waals surface area contributed by atoms with Gasteiger partial charge in [-0.3, -0.25) is 0 Å². The van der Waals surface area contributed by atoms with E-state index in [4.69, 9.17) is 9.84 Å². The molecule has 0 amide bonds. The topological polar surface area (TPSA) is 75.6 Å². The van der Waals surface area contributed by atoms with Crippen LogP contribution in [0, 0.1) is 5.92 Å². The Hall–Kier alpha value is -0.170. The van der Waals surface area contributed by atoms with Crippen LogP contribution >= 0.6 is 0 Å². The van der Waals surface area contributed by atoms with Gasteiger partial charge in [0.1, 0.15) is 0 Å². The molecule has 0 fully saturated rings. The summed E-state index contributed by atoms with van der Waals surface area (Å²) < 4.78 is 30.0. The first-order valence-electron chi connectivity index (χ1n) is 4.52. The summed E-state index contributed by atoms with van der Waals surface area (Å²) in [5.74, 6) is -0.108. The molecule has 6 heteroatoms. The van der Waals surface area contributed by atoms with Crippen LogP contribution in [0.15, 0.2) is 0 Å². The van der Waals surface area contributed by atoms with Crippen molar-refractivity contribution in [2.24, 2.45) is 5.92 Å². The predicted molar refractivity (Wildman–Crippen MR) is 54.5 cm³/mol. The van der Waals surface area contributed by atoms with E-state index < -0.39 is 10.0 Å². The van der Waals surface area contributed by atoms with Crippen LogP contribution in [0.1, 0.15) is 13.8 Å². The Bertz CT molecular complexity index is 238. The molecular formula is C8H19NO4S. The molecule has 2 N–H and O–H groups in total. The lowest BCUT2D eigenvalue weighted by atomic mass is 10.1. The minimum absolute atomic E-state index is 0.156. The van der Waals surface area contributed by atoms with Gasteiger partial charge in [-0.05, 0) is 5.92 Å². The average Bonchev–Trinajstić information content (AvgIpc) is 2.02. The summed E-state index contributed by atoms with van der Waals surface area (Å²) >= 11 is 0. The number of sulfonamides is 1. The molecule has 0 radical (unpaired) electrons. The van der Waals surface area contributed by atoms with Crippen molar-refractivity contribution in [3.8, 4) is 0 Å². The van der Waals surface area contributed by atoms with Gasteiger partial charge in [-0.25, -0.2) is 13.1 Å². The summed E-state index contributed by atoms with van der Waals surface area (Å²) in [7, 11) is -1.85. The zero-order chi connectivity index (χ0) is 11.2. The number of aliphatic hydroxyl groups is 1. The molecule has 0 aliphatic heterocycles. The third-order valence-corrected chi connectivity index (χ3v) is 3.22. The van der Waals surface area contributed by atoms with Crippen LogP contribution in [0.25, 0.3) is 0 Å². The van der Waals surface area contributed by atoms with Crippen LogP contribution in [0.4, 0.5) is 0 Å². The zero-order valence-electron chi connectivity index (χ0n) is 8.86. The highest BCUT2D eigenvalue weighted by atomic mass is 32.2. The first-order valence-corrected chi connectivity index (χ1v) is 6.18. The van der Waals surface area contributed by atoms with Gasteiger partial charge >= 0.3 is 0 Å². The van der Waals surface area contributed by atoms with E-state index in [9.17, 15) is 8.42 Å². The van der Waals surface area contributed by atoms with Gasteiger partial charge in [-0.1, -0.05) is 13.8 Å². The maximum atomic E-state index is 11.3. The first kappa shape index (κ1) is 13.8. The van der Waals surface area contributed by atoms with Crippen LogP contribution in [0.5, 0.6) is 0 Å². The van der Waals surface area contributed by atoms with Crippen LogP contribution in [-0.4, -0.2) is 45.6 Å². The molecule has 0 saturated carbocycles. The Balaban J connectivity index is 4.28. The molecule has 0 heterocycles. The molecule has 0 saturated heterocycles. The van der Waals surface area contributed by atoms with E-state index in [1.54, 1.807) is 0 Å². The highest BCUT2D eigenvalue weighted by Gasteiger charge is 2.19. The fraction of sp³-hybridized carbons (Fsp3) is 1.00. The minimum Gasteiger partial charge on any atom is -0.395 e. The molecule has 0 aliphatic rings. The van der Waals surface area contributed by atoms with E-state index in [2.05, 4.69) is 4.72 Å². The van der Waals surface area contributed by atoms with E-state index in [0.717, 1.165) is 0 Å². The van der Waals surface area contributed by atoms with E-state index >= 15 is 0 Å². The maximum Gasteiger partial charge on any atom is 0.214 e. The van der Waals surface area contributed by atoms with Crippen molar-refractivity contribution < 1.29 is 18.3 Å². The molecule has 0 spiro atoms. The molecular weight excluding hydrogens is 206 g/mol. The fourth-order valence-electron chi connectivity index (χ4n) is 0.952. The van der Waals surface area contributed by atoms with Gasteiger partial charge < -0.3 is 9.84 Å². The molecule has 5 nitrogen and oxygen atoms in total. The van der Waals surface area contributed by atoms with Crippen LogP contribution in [0.2, 0.25) is 0 Å². The van der Waals surface area contributed by atoms with Crippen LogP contribution in [0.3, 0.4) is 0 Å². The highest BCUT2D eigenvalue weighted by molar-refractivity contribution is 7.89. The Labute approximate surface area is 85.5 Å². The van der Waals surface area contributed by atoms with Crippen molar-refractivity contribution >= 4 is 10.0 Å². The van der Waals surface area contributed by atoms with E-state index in [1.807, 2.05) is 13.8 Å². The van der Waals surface area contributed by atoms with Crippen molar-refractivity contribution in [3.05, 3.63) is 0 Å². The number of rotatable bonds is 7. The standard InChI is InChI=1S/C8H19NO4S/c1-7(2)8(6-13-3)9-14(11,12)5-4-10/h7-10H,4-6H2,1-3H3. The van der Waals surface area contributed by atoms with Gasteiger partial charge in [0.2, 0.25) is 10.0 Å². The fourth-order valence-corrected chi connectivity index (χ4v) is 2.11. The van der Waals surface area contributed by atoms with Crippen molar-refractivity contribution in [2.45, 2.75) is 19.9 Å². The molecule has 0 bridgehead atoms. The average molecular weight is 225 g/mol. The van der Waals surface area contributed by atoms with Gasteiger partial charge in [-0.2, -0.15) is 0 Å². The second-order valence-corrected chi connectivity index (χ2v) is 5.34. The number of ether oxygens (including phenoxy) is 1. The molecule has 1 unspecified atom stereocenters. The van der Waals surface area contributed by atoms with Crippen molar-refractivity contribution in [3.63, 3.8) is 0 Å². The number of nitrogens with one attached hydrogen (secondary N) is 1. The molecule has 1 atom stereocenters. The molecule has 0 aromatic rings. The Morgan fingerprint density at radius 3 is 2.36 bits per heavy atom. The summed E-state index contributed by atoms with van der Waals surface area (Å²) in [4.78, 5) is 0. The Morgan fingerprint density at radius 2 is 2.00 bits per heavy atom. The molecule has 0 aromatic heterocycles. The lowest BCUT2D eigenvalue weighted by Crippen LogP contribution is -2.43. The SMILES string of the molecule is COCC(NS(=O)(=O)CCO)C(C)C. The normalized spacial score (nSPS) is 14.6. The third kappa shape index (κ3) is 5.54. The molecule has 0 rings (SSSR count). The van der Waals surface area contributed by atoms with Gasteiger partial charge in [0.15, 0.2) is 0 Å². The van der Waals surface area contributed by atoms with Gasteiger partial charge in [-0.15, -0.1) is 0 Å². The van der Waals surface area contributed by atoms with E-state index in [-0.39, 0.29) is 24.3 Å². The summed E-state index contributed by atoms with van der Waals surface area (Å²) in [6.07, 6.45) is 0. The lowest BCUT2D eigenvalue weighted by molar-refractivity contribution is 0.157. The largest absolute Gasteiger partial charge is 0.395 e. The number of methoxy groups -OCH3 is 1.